The van der Waals surface area contributed by atoms with Gasteiger partial charge in [-0.2, -0.15) is 0 Å². The molecule has 0 spiro atoms. The van der Waals surface area contributed by atoms with Gasteiger partial charge in [0.2, 0.25) is 11.5 Å². The van der Waals surface area contributed by atoms with E-state index in [-0.39, 0.29) is 11.5 Å². The number of amides is 1. The van der Waals surface area contributed by atoms with E-state index >= 15 is 0 Å². The molecule has 1 saturated carbocycles. The van der Waals surface area contributed by atoms with Crippen LogP contribution in [0.3, 0.4) is 0 Å². The molecule has 2 aliphatic heterocycles. The van der Waals surface area contributed by atoms with Crippen LogP contribution in [-0.4, -0.2) is 70.9 Å². The van der Waals surface area contributed by atoms with E-state index in [0.717, 1.165) is 63.0 Å². The molecule has 1 N–H and O–H groups in total. The van der Waals surface area contributed by atoms with Crippen LogP contribution in [0.5, 0.6) is 0 Å². The molecule has 26 heavy (non-hydrogen) atoms. The summed E-state index contributed by atoms with van der Waals surface area (Å²) in [5.41, 5.74) is 2.14. The van der Waals surface area contributed by atoms with Crippen molar-refractivity contribution in [2.45, 2.75) is 51.1 Å². The number of aromatic nitrogens is 1. The first-order chi connectivity index (χ1) is 12.7. The third-order valence-corrected chi connectivity index (χ3v) is 6.29. The quantitative estimate of drug-likeness (QED) is 0.882. The molecule has 3 heterocycles. The lowest BCUT2D eigenvalue weighted by Gasteiger charge is -2.41. The Bertz CT molecular complexity index is 687. The summed E-state index contributed by atoms with van der Waals surface area (Å²) in [6, 6.07) is 4.23. The van der Waals surface area contributed by atoms with Gasteiger partial charge in [0, 0.05) is 63.5 Å². The van der Waals surface area contributed by atoms with E-state index in [9.17, 15) is 9.59 Å². The second kappa shape index (κ2) is 7.92. The van der Waals surface area contributed by atoms with Crippen molar-refractivity contribution < 1.29 is 4.79 Å². The van der Waals surface area contributed by atoms with E-state index in [1.165, 1.54) is 32.1 Å². The average molecular weight is 358 g/mol. The zero-order chi connectivity index (χ0) is 17.9. The highest BCUT2D eigenvalue weighted by atomic mass is 16.2. The standard InChI is InChI=1S/C20H30N4O2/c25-19-7-6-16-14-22(9-8-18(16)21-19)15-20(26)24-12-10-23(11-13-24)17-4-2-1-3-5-17/h6-7,17H,1-5,8-15H2,(H,21,25). The lowest BCUT2D eigenvalue weighted by atomic mass is 9.94. The fourth-order valence-electron chi connectivity index (χ4n) is 4.72. The Morgan fingerprint density at radius 1 is 1.04 bits per heavy atom. The first kappa shape index (κ1) is 17.7. The number of aromatic amines is 1. The number of hydrogen-bond donors (Lipinski definition) is 1. The first-order valence-electron chi connectivity index (χ1n) is 10.1. The van der Waals surface area contributed by atoms with Crippen LogP contribution in [0.2, 0.25) is 0 Å². The van der Waals surface area contributed by atoms with Gasteiger partial charge in [0.1, 0.15) is 0 Å². The van der Waals surface area contributed by atoms with Crippen molar-refractivity contribution in [1.82, 2.24) is 19.7 Å². The Hall–Kier alpha value is -1.66. The molecule has 0 unspecified atom stereocenters. The third-order valence-electron chi connectivity index (χ3n) is 6.29. The third kappa shape index (κ3) is 4.01. The van der Waals surface area contributed by atoms with Crippen molar-refractivity contribution in [1.29, 1.82) is 0 Å². The van der Waals surface area contributed by atoms with Crippen molar-refractivity contribution >= 4 is 5.91 Å². The average Bonchev–Trinajstić information content (AvgIpc) is 2.69. The number of rotatable bonds is 3. The van der Waals surface area contributed by atoms with Gasteiger partial charge in [-0.05, 0) is 18.4 Å². The van der Waals surface area contributed by atoms with Crippen LogP contribution < -0.4 is 5.56 Å². The summed E-state index contributed by atoms with van der Waals surface area (Å²) in [7, 11) is 0. The zero-order valence-corrected chi connectivity index (χ0v) is 15.6. The van der Waals surface area contributed by atoms with E-state index in [0.29, 0.717) is 6.54 Å². The summed E-state index contributed by atoms with van der Waals surface area (Å²) in [6.45, 7) is 5.86. The van der Waals surface area contributed by atoms with Crippen LogP contribution in [0.15, 0.2) is 16.9 Å². The molecule has 4 rings (SSSR count). The van der Waals surface area contributed by atoms with Gasteiger partial charge in [0.05, 0.1) is 6.54 Å². The minimum absolute atomic E-state index is 0.0379. The predicted molar refractivity (Wildman–Crippen MR) is 101 cm³/mol. The Morgan fingerprint density at radius 3 is 2.58 bits per heavy atom. The topological polar surface area (TPSA) is 59.7 Å². The fourth-order valence-corrected chi connectivity index (χ4v) is 4.72. The van der Waals surface area contributed by atoms with E-state index in [1.54, 1.807) is 6.07 Å². The molecule has 0 bridgehead atoms. The summed E-state index contributed by atoms with van der Waals surface area (Å²) in [4.78, 5) is 33.9. The monoisotopic (exact) mass is 358 g/mol. The zero-order valence-electron chi connectivity index (χ0n) is 15.6. The minimum Gasteiger partial charge on any atom is -0.339 e. The van der Waals surface area contributed by atoms with E-state index in [4.69, 9.17) is 0 Å². The maximum Gasteiger partial charge on any atom is 0.248 e. The van der Waals surface area contributed by atoms with Gasteiger partial charge in [0.15, 0.2) is 0 Å². The van der Waals surface area contributed by atoms with E-state index in [1.807, 2.05) is 11.0 Å². The molecule has 6 heteroatoms. The number of hydrogen-bond acceptors (Lipinski definition) is 4. The lowest BCUT2D eigenvalue weighted by molar-refractivity contribution is -0.134. The summed E-state index contributed by atoms with van der Waals surface area (Å²) >= 11 is 0. The Balaban J connectivity index is 1.27. The molecule has 1 saturated heterocycles. The van der Waals surface area contributed by atoms with Crippen molar-refractivity contribution in [2.24, 2.45) is 0 Å². The molecule has 1 aromatic heterocycles. The SMILES string of the molecule is O=C(CN1CCc2[nH]c(=O)ccc2C1)N1CCN(C2CCCCC2)CC1. The molecule has 0 radical (unpaired) electrons. The van der Waals surface area contributed by atoms with Gasteiger partial charge < -0.3 is 9.88 Å². The van der Waals surface area contributed by atoms with Crippen LogP contribution in [0.4, 0.5) is 0 Å². The van der Waals surface area contributed by atoms with Gasteiger partial charge in [-0.1, -0.05) is 25.3 Å². The number of fused-ring (bicyclic) bond motifs is 1. The molecule has 6 nitrogen and oxygen atoms in total. The number of pyridine rings is 1. The predicted octanol–water partition coefficient (Wildman–Crippen LogP) is 1.21. The highest BCUT2D eigenvalue weighted by Gasteiger charge is 2.28. The summed E-state index contributed by atoms with van der Waals surface area (Å²) in [5.74, 6) is 0.251. The lowest BCUT2D eigenvalue weighted by Crippen LogP contribution is -2.54. The van der Waals surface area contributed by atoms with Gasteiger partial charge in [-0.3, -0.25) is 19.4 Å². The van der Waals surface area contributed by atoms with Crippen LogP contribution in [0, 0.1) is 0 Å². The van der Waals surface area contributed by atoms with Crippen LogP contribution >= 0.6 is 0 Å². The minimum atomic E-state index is -0.0379. The number of piperazine rings is 1. The Morgan fingerprint density at radius 2 is 1.81 bits per heavy atom. The number of nitrogens with one attached hydrogen (secondary N) is 1. The highest BCUT2D eigenvalue weighted by Crippen LogP contribution is 2.23. The van der Waals surface area contributed by atoms with Crippen LogP contribution in [0.25, 0.3) is 0 Å². The Labute approximate surface area is 155 Å². The molecular weight excluding hydrogens is 328 g/mol. The molecule has 3 aliphatic rings. The molecule has 1 aliphatic carbocycles. The molecule has 1 aromatic rings. The number of carbonyl (C=O) groups excluding carboxylic acids is 1. The fraction of sp³-hybridized carbons (Fsp3) is 0.700. The molecule has 1 amide bonds. The summed E-state index contributed by atoms with van der Waals surface area (Å²) < 4.78 is 0. The van der Waals surface area contributed by atoms with E-state index in [2.05, 4.69) is 14.8 Å². The normalized spacial score (nSPS) is 23.0. The van der Waals surface area contributed by atoms with Crippen LogP contribution in [-0.2, 0) is 17.8 Å². The number of carbonyl (C=O) groups is 1. The second-order valence-corrected chi connectivity index (χ2v) is 8.00. The maximum atomic E-state index is 12.7. The Kier molecular flexibility index (Phi) is 5.41. The first-order valence-corrected chi connectivity index (χ1v) is 10.1. The summed E-state index contributed by atoms with van der Waals surface area (Å²) in [6.07, 6.45) is 7.61. The molecule has 142 valence electrons. The van der Waals surface area contributed by atoms with Crippen molar-refractivity contribution in [3.05, 3.63) is 33.7 Å². The number of H-pyrrole nitrogens is 1. The van der Waals surface area contributed by atoms with Gasteiger partial charge in [-0.25, -0.2) is 0 Å². The molecule has 2 fully saturated rings. The van der Waals surface area contributed by atoms with Crippen molar-refractivity contribution in [3.8, 4) is 0 Å². The van der Waals surface area contributed by atoms with Gasteiger partial charge in [0.25, 0.3) is 0 Å². The van der Waals surface area contributed by atoms with Gasteiger partial charge >= 0.3 is 0 Å². The van der Waals surface area contributed by atoms with Crippen molar-refractivity contribution in [2.75, 3.05) is 39.3 Å². The van der Waals surface area contributed by atoms with Crippen LogP contribution in [0.1, 0.15) is 43.4 Å². The van der Waals surface area contributed by atoms with E-state index < -0.39 is 0 Å². The molecule has 0 aromatic carbocycles. The summed E-state index contributed by atoms with van der Waals surface area (Å²) in [5, 5.41) is 0. The molecular formula is C20H30N4O2. The molecule has 0 atom stereocenters. The second-order valence-electron chi connectivity index (χ2n) is 8.00. The van der Waals surface area contributed by atoms with Crippen molar-refractivity contribution in [3.63, 3.8) is 0 Å². The van der Waals surface area contributed by atoms with Gasteiger partial charge in [-0.15, -0.1) is 0 Å². The maximum absolute atomic E-state index is 12.7. The highest BCUT2D eigenvalue weighted by molar-refractivity contribution is 5.78. The largest absolute Gasteiger partial charge is 0.339 e. The number of nitrogens with zero attached hydrogens (tertiary/aromatic N) is 3. The smallest absolute Gasteiger partial charge is 0.248 e.